The summed E-state index contributed by atoms with van der Waals surface area (Å²) in [5.74, 6) is 2.54. The number of anilines is 2. The predicted molar refractivity (Wildman–Crippen MR) is 174 cm³/mol. The molecule has 2 aromatic carbocycles. The third-order valence-corrected chi connectivity index (χ3v) is 8.94. The molecular weight excluding hydrogens is 552 g/mol. The summed E-state index contributed by atoms with van der Waals surface area (Å²) in [5.41, 5.74) is 5.96. The number of hydrogen-bond donors (Lipinski definition) is 2. The molecule has 44 heavy (non-hydrogen) atoms. The largest absolute Gasteiger partial charge is 0.493 e. The zero-order chi connectivity index (χ0) is 30.8. The SMILES string of the molecule is Cc1ccc(-n2nc(C(C)(C)C)cc2NC(=O)Nc2ccc(OCCCN3CCN(CC4CC4)C(=O)C3)c3c2CCC3)cc1. The Morgan fingerprint density at radius 1 is 1.02 bits per heavy atom. The van der Waals surface area contributed by atoms with Gasteiger partial charge in [0.05, 0.1) is 24.5 Å². The van der Waals surface area contributed by atoms with E-state index in [0.717, 1.165) is 86.2 Å². The van der Waals surface area contributed by atoms with Crippen molar-refractivity contribution in [3.05, 3.63) is 64.8 Å². The lowest BCUT2D eigenvalue weighted by Crippen LogP contribution is -2.51. The van der Waals surface area contributed by atoms with E-state index in [1.807, 2.05) is 47.4 Å². The quantitative estimate of drug-likeness (QED) is 0.282. The van der Waals surface area contributed by atoms with E-state index in [1.165, 1.54) is 24.0 Å². The highest BCUT2D eigenvalue weighted by Gasteiger charge is 2.30. The van der Waals surface area contributed by atoms with Gasteiger partial charge < -0.3 is 15.0 Å². The van der Waals surface area contributed by atoms with Gasteiger partial charge in [0.2, 0.25) is 5.91 Å². The number of nitrogens with one attached hydrogen (secondary N) is 2. The minimum atomic E-state index is -0.298. The average molecular weight is 599 g/mol. The van der Waals surface area contributed by atoms with E-state index in [9.17, 15) is 9.59 Å². The van der Waals surface area contributed by atoms with Crippen LogP contribution in [-0.4, -0.2) is 70.8 Å². The predicted octanol–water partition coefficient (Wildman–Crippen LogP) is 5.93. The van der Waals surface area contributed by atoms with E-state index in [2.05, 4.69) is 43.2 Å². The molecule has 3 aliphatic rings. The van der Waals surface area contributed by atoms with Crippen molar-refractivity contribution in [2.75, 3.05) is 50.0 Å². The first kappa shape index (κ1) is 30.2. The fraction of sp³-hybridized carbons (Fsp3) is 0.514. The van der Waals surface area contributed by atoms with Gasteiger partial charge in [-0.15, -0.1) is 0 Å². The van der Waals surface area contributed by atoms with Crippen LogP contribution in [0.25, 0.3) is 5.69 Å². The summed E-state index contributed by atoms with van der Waals surface area (Å²) in [6.45, 7) is 13.1. The van der Waals surface area contributed by atoms with Crippen LogP contribution in [0, 0.1) is 12.8 Å². The van der Waals surface area contributed by atoms with E-state index < -0.39 is 0 Å². The van der Waals surface area contributed by atoms with Gasteiger partial charge in [-0.2, -0.15) is 5.10 Å². The maximum Gasteiger partial charge on any atom is 0.324 e. The number of ether oxygens (including phenoxy) is 1. The molecule has 1 saturated heterocycles. The maximum absolute atomic E-state index is 13.3. The normalized spacial score (nSPS) is 17.1. The van der Waals surface area contributed by atoms with Crippen LogP contribution in [0.4, 0.5) is 16.3 Å². The summed E-state index contributed by atoms with van der Waals surface area (Å²) in [6.07, 6.45) is 6.31. The number of urea groups is 1. The molecule has 6 rings (SSSR count). The van der Waals surface area contributed by atoms with Crippen molar-refractivity contribution in [3.8, 4) is 11.4 Å². The fourth-order valence-electron chi connectivity index (χ4n) is 6.14. The lowest BCUT2D eigenvalue weighted by molar-refractivity contribution is -0.136. The summed E-state index contributed by atoms with van der Waals surface area (Å²) in [5, 5.41) is 11.0. The van der Waals surface area contributed by atoms with Crippen molar-refractivity contribution in [1.29, 1.82) is 0 Å². The van der Waals surface area contributed by atoms with E-state index in [4.69, 9.17) is 9.84 Å². The molecule has 1 aliphatic heterocycles. The van der Waals surface area contributed by atoms with Gasteiger partial charge >= 0.3 is 6.03 Å². The summed E-state index contributed by atoms with van der Waals surface area (Å²) in [7, 11) is 0. The number of aryl methyl sites for hydroxylation is 1. The Bertz CT molecular complexity index is 1500. The molecule has 1 aromatic heterocycles. The van der Waals surface area contributed by atoms with Crippen molar-refractivity contribution in [1.82, 2.24) is 19.6 Å². The second-order valence-electron chi connectivity index (χ2n) is 13.7. The van der Waals surface area contributed by atoms with Crippen LogP contribution < -0.4 is 15.4 Å². The molecule has 0 unspecified atom stereocenters. The first-order chi connectivity index (χ1) is 21.1. The molecule has 3 aromatic rings. The highest BCUT2D eigenvalue weighted by molar-refractivity contribution is 6.00. The zero-order valence-electron chi connectivity index (χ0n) is 26.6. The van der Waals surface area contributed by atoms with Gasteiger partial charge in [-0.05, 0) is 86.8 Å². The van der Waals surface area contributed by atoms with E-state index >= 15 is 0 Å². The molecule has 0 bridgehead atoms. The smallest absolute Gasteiger partial charge is 0.324 e. The monoisotopic (exact) mass is 598 g/mol. The Hall–Kier alpha value is -3.85. The van der Waals surface area contributed by atoms with E-state index in [1.54, 1.807) is 4.68 Å². The van der Waals surface area contributed by atoms with E-state index in [0.29, 0.717) is 19.0 Å². The molecule has 9 heteroatoms. The van der Waals surface area contributed by atoms with Crippen LogP contribution in [0.5, 0.6) is 5.75 Å². The van der Waals surface area contributed by atoms with Crippen LogP contribution in [0.3, 0.4) is 0 Å². The molecule has 0 atom stereocenters. The van der Waals surface area contributed by atoms with Crippen LogP contribution >= 0.6 is 0 Å². The second-order valence-corrected chi connectivity index (χ2v) is 13.7. The van der Waals surface area contributed by atoms with Crippen LogP contribution in [-0.2, 0) is 23.1 Å². The molecule has 1 saturated carbocycles. The van der Waals surface area contributed by atoms with Gasteiger partial charge in [0, 0.05) is 43.3 Å². The topological polar surface area (TPSA) is 91.7 Å². The molecule has 3 amide bonds. The summed E-state index contributed by atoms with van der Waals surface area (Å²) in [4.78, 5) is 30.1. The third-order valence-electron chi connectivity index (χ3n) is 8.94. The number of amides is 3. The number of aromatic nitrogens is 2. The standard InChI is InChI=1S/C35H46N6O3/c1-24-9-13-26(14-10-24)41-32(21-31(38-41)35(2,3)4)37-34(43)36-29-15-16-30(28-8-5-7-27(28)29)44-20-6-17-39-18-19-40(33(42)23-39)22-25-11-12-25/h9-10,13-16,21,25H,5-8,11-12,17-20,22-23H2,1-4H3,(H2,36,37,43). The molecule has 2 heterocycles. The highest BCUT2D eigenvalue weighted by Crippen LogP contribution is 2.36. The molecule has 234 valence electrons. The number of carbonyl (C=O) groups is 2. The second kappa shape index (κ2) is 12.6. The Balaban J connectivity index is 1.05. The van der Waals surface area contributed by atoms with Gasteiger partial charge in [-0.25, -0.2) is 9.48 Å². The number of carbonyl (C=O) groups excluding carboxylic acids is 2. The van der Waals surface area contributed by atoms with Gasteiger partial charge in [0.1, 0.15) is 11.6 Å². The summed E-state index contributed by atoms with van der Waals surface area (Å²) < 4.78 is 8.05. The first-order valence-electron chi connectivity index (χ1n) is 16.2. The zero-order valence-corrected chi connectivity index (χ0v) is 26.6. The minimum Gasteiger partial charge on any atom is -0.493 e. The molecule has 0 radical (unpaired) electrons. The van der Waals surface area contributed by atoms with Gasteiger partial charge in [-0.1, -0.05) is 38.5 Å². The number of nitrogens with zero attached hydrogens (tertiary/aromatic N) is 4. The number of benzene rings is 2. The Labute approximate surface area is 260 Å². The molecule has 9 nitrogen and oxygen atoms in total. The first-order valence-corrected chi connectivity index (χ1v) is 16.2. The van der Waals surface area contributed by atoms with Crippen molar-refractivity contribution in [2.24, 2.45) is 5.92 Å². The lowest BCUT2D eigenvalue weighted by atomic mass is 9.92. The van der Waals surface area contributed by atoms with Crippen molar-refractivity contribution in [2.45, 2.75) is 71.6 Å². The Morgan fingerprint density at radius 3 is 2.52 bits per heavy atom. The van der Waals surface area contributed by atoms with Crippen LogP contribution in [0.15, 0.2) is 42.5 Å². The summed E-state index contributed by atoms with van der Waals surface area (Å²) >= 11 is 0. The van der Waals surface area contributed by atoms with Crippen molar-refractivity contribution < 1.29 is 14.3 Å². The van der Waals surface area contributed by atoms with Gasteiger partial charge in [-0.3, -0.25) is 15.0 Å². The average Bonchev–Trinajstić information content (AvgIpc) is 3.46. The van der Waals surface area contributed by atoms with Crippen molar-refractivity contribution in [3.63, 3.8) is 0 Å². The van der Waals surface area contributed by atoms with Crippen LogP contribution in [0.1, 0.15) is 68.8 Å². The third kappa shape index (κ3) is 7.09. The number of fused-ring (bicyclic) bond motifs is 1. The number of piperazine rings is 1. The Morgan fingerprint density at radius 2 is 1.80 bits per heavy atom. The van der Waals surface area contributed by atoms with Gasteiger partial charge in [0.15, 0.2) is 0 Å². The minimum absolute atomic E-state index is 0.165. The highest BCUT2D eigenvalue weighted by atomic mass is 16.5. The number of hydrogen-bond acceptors (Lipinski definition) is 5. The molecule has 2 aliphatic carbocycles. The fourth-order valence-corrected chi connectivity index (χ4v) is 6.14. The molecular formula is C35H46N6O3. The molecule has 2 N–H and O–H groups in total. The van der Waals surface area contributed by atoms with Crippen molar-refractivity contribution >= 4 is 23.4 Å². The Kier molecular flexibility index (Phi) is 8.67. The molecule has 0 spiro atoms. The van der Waals surface area contributed by atoms with Crippen LogP contribution in [0.2, 0.25) is 0 Å². The maximum atomic E-state index is 13.3. The summed E-state index contributed by atoms with van der Waals surface area (Å²) in [6, 6.07) is 13.7. The lowest BCUT2D eigenvalue weighted by Gasteiger charge is -2.34. The van der Waals surface area contributed by atoms with Gasteiger partial charge in [0.25, 0.3) is 0 Å². The number of rotatable bonds is 10. The molecule has 2 fully saturated rings. The van der Waals surface area contributed by atoms with E-state index in [-0.39, 0.29) is 17.4 Å².